The van der Waals surface area contributed by atoms with Crippen molar-refractivity contribution in [3.8, 4) is 0 Å². The zero-order valence-electron chi connectivity index (χ0n) is 8.30. The van der Waals surface area contributed by atoms with Gasteiger partial charge in [0, 0.05) is 11.8 Å². The summed E-state index contributed by atoms with van der Waals surface area (Å²) < 4.78 is 0. The molecule has 0 aliphatic rings. The van der Waals surface area contributed by atoms with Crippen LogP contribution < -0.4 is 0 Å². The maximum Gasteiger partial charge on any atom is 0.312 e. The van der Waals surface area contributed by atoms with Gasteiger partial charge in [0.25, 0.3) is 5.69 Å². The lowest BCUT2D eigenvalue weighted by atomic mass is 10.0. The predicted molar refractivity (Wildman–Crippen MR) is 51.7 cm³/mol. The summed E-state index contributed by atoms with van der Waals surface area (Å²) >= 11 is 0. The summed E-state index contributed by atoms with van der Waals surface area (Å²) in [6, 6.07) is 1.48. The number of carbonyl (C=O) groups is 1. The topological polar surface area (TPSA) is 93.3 Å². The van der Waals surface area contributed by atoms with Crippen molar-refractivity contribution in [3.63, 3.8) is 0 Å². The number of carboxylic acid groups (broad SMARTS) is 1. The molecule has 80 valence electrons. The molecule has 0 saturated carbocycles. The lowest BCUT2D eigenvalue weighted by Crippen LogP contribution is -2.12. The number of rotatable bonds is 3. The highest BCUT2D eigenvalue weighted by Crippen LogP contribution is 2.27. The Morgan fingerprint density at radius 2 is 2.27 bits per heavy atom. The first-order valence-corrected chi connectivity index (χ1v) is 4.28. The van der Waals surface area contributed by atoms with E-state index in [1.165, 1.54) is 19.2 Å². The highest BCUT2D eigenvalue weighted by atomic mass is 16.6. The van der Waals surface area contributed by atoms with Crippen LogP contribution in [0, 0.1) is 17.0 Å². The second-order valence-electron chi connectivity index (χ2n) is 3.18. The van der Waals surface area contributed by atoms with Gasteiger partial charge in [0.2, 0.25) is 0 Å². The number of aromatic nitrogens is 1. The van der Waals surface area contributed by atoms with Crippen LogP contribution in [0.1, 0.15) is 24.1 Å². The minimum atomic E-state index is -1.13. The number of nitrogens with zero attached hydrogens (tertiary/aromatic N) is 2. The number of carboxylic acids is 1. The van der Waals surface area contributed by atoms with Crippen molar-refractivity contribution < 1.29 is 14.8 Å². The van der Waals surface area contributed by atoms with E-state index in [1.54, 1.807) is 6.92 Å². The molecule has 1 heterocycles. The van der Waals surface area contributed by atoms with Crippen molar-refractivity contribution in [2.45, 2.75) is 19.8 Å². The molecule has 6 heteroatoms. The summed E-state index contributed by atoms with van der Waals surface area (Å²) in [6.07, 6.45) is 1.37. The average Bonchev–Trinajstić information content (AvgIpc) is 2.15. The second-order valence-corrected chi connectivity index (χ2v) is 3.18. The number of hydrogen-bond donors (Lipinski definition) is 1. The van der Waals surface area contributed by atoms with Gasteiger partial charge in [0.05, 0.1) is 4.92 Å². The first-order chi connectivity index (χ1) is 6.95. The normalized spacial score (nSPS) is 12.1. The Labute approximate surface area is 85.7 Å². The summed E-state index contributed by atoms with van der Waals surface area (Å²) in [6.45, 7) is 2.93. The monoisotopic (exact) mass is 210 g/mol. The van der Waals surface area contributed by atoms with Gasteiger partial charge in [-0.15, -0.1) is 0 Å². The van der Waals surface area contributed by atoms with Crippen LogP contribution in [0.4, 0.5) is 5.69 Å². The summed E-state index contributed by atoms with van der Waals surface area (Å²) in [5.41, 5.74) is 0.193. The summed E-state index contributed by atoms with van der Waals surface area (Å²) in [5, 5.41) is 19.5. The standard InChI is InChI=1S/C9H10N2O4/c1-5-3-4-10-7(6(2)9(12)13)8(5)11(14)15/h3-4,6H,1-2H3,(H,12,13). The smallest absolute Gasteiger partial charge is 0.312 e. The second kappa shape index (κ2) is 4.04. The van der Waals surface area contributed by atoms with E-state index in [1.807, 2.05) is 0 Å². The van der Waals surface area contributed by atoms with E-state index in [2.05, 4.69) is 4.98 Å². The van der Waals surface area contributed by atoms with Crippen LogP contribution in [0.15, 0.2) is 12.3 Å². The molecule has 15 heavy (non-hydrogen) atoms. The predicted octanol–water partition coefficient (Wildman–Crippen LogP) is 1.49. The van der Waals surface area contributed by atoms with Crippen LogP contribution in [0.5, 0.6) is 0 Å². The first-order valence-electron chi connectivity index (χ1n) is 4.28. The van der Waals surface area contributed by atoms with Crippen LogP contribution in [-0.2, 0) is 4.79 Å². The quantitative estimate of drug-likeness (QED) is 0.602. The lowest BCUT2D eigenvalue weighted by molar-refractivity contribution is -0.386. The molecule has 0 fully saturated rings. The van der Waals surface area contributed by atoms with E-state index < -0.39 is 16.8 Å². The fourth-order valence-corrected chi connectivity index (χ4v) is 1.24. The molecule has 0 bridgehead atoms. The van der Waals surface area contributed by atoms with Crippen molar-refractivity contribution >= 4 is 11.7 Å². The lowest BCUT2D eigenvalue weighted by Gasteiger charge is -2.07. The SMILES string of the molecule is Cc1ccnc(C(C)C(=O)O)c1[N+](=O)[O-]. The Hall–Kier alpha value is -1.98. The molecule has 0 aliphatic heterocycles. The van der Waals surface area contributed by atoms with Crippen molar-refractivity contribution in [1.29, 1.82) is 0 Å². The molecular formula is C9H10N2O4. The van der Waals surface area contributed by atoms with Crippen molar-refractivity contribution in [2.75, 3.05) is 0 Å². The Morgan fingerprint density at radius 1 is 1.67 bits per heavy atom. The van der Waals surface area contributed by atoms with Gasteiger partial charge >= 0.3 is 5.97 Å². The van der Waals surface area contributed by atoms with Crippen LogP contribution >= 0.6 is 0 Å². The van der Waals surface area contributed by atoms with Crippen LogP contribution in [-0.4, -0.2) is 21.0 Å². The van der Waals surface area contributed by atoms with Crippen LogP contribution in [0.3, 0.4) is 0 Å². The Morgan fingerprint density at radius 3 is 2.73 bits per heavy atom. The average molecular weight is 210 g/mol. The van der Waals surface area contributed by atoms with Crippen molar-refractivity contribution in [1.82, 2.24) is 4.98 Å². The molecule has 6 nitrogen and oxygen atoms in total. The van der Waals surface area contributed by atoms with Gasteiger partial charge < -0.3 is 5.11 Å². The third-order valence-corrected chi connectivity index (χ3v) is 2.12. The number of aryl methyl sites for hydroxylation is 1. The number of aliphatic carboxylic acids is 1. The largest absolute Gasteiger partial charge is 0.481 e. The third-order valence-electron chi connectivity index (χ3n) is 2.12. The van der Waals surface area contributed by atoms with Crippen LogP contribution in [0.2, 0.25) is 0 Å². The number of nitro groups is 1. The molecule has 1 atom stereocenters. The zero-order chi connectivity index (χ0) is 11.6. The van der Waals surface area contributed by atoms with E-state index in [0.29, 0.717) is 5.56 Å². The molecule has 0 spiro atoms. The highest BCUT2D eigenvalue weighted by molar-refractivity contribution is 5.76. The number of hydrogen-bond acceptors (Lipinski definition) is 4. The molecule has 1 aromatic rings. The zero-order valence-corrected chi connectivity index (χ0v) is 8.30. The molecule has 0 aromatic carbocycles. The van der Waals surface area contributed by atoms with E-state index in [9.17, 15) is 14.9 Å². The third kappa shape index (κ3) is 2.09. The maximum absolute atomic E-state index is 10.7. The molecule has 1 aromatic heterocycles. The van der Waals surface area contributed by atoms with Crippen molar-refractivity contribution in [2.24, 2.45) is 0 Å². The van der Waals surface area contributed by atoms with E-state index in [4.69, 9.17) is 5.11 Å². The van der Waals surface area contributed by atoms with Crippen LogP contribution in [0.25, 0.3) is 0 Å². The van der Waals surface area contributed by atoms with Gasteiger partial charge in [-0.25, -0.2) is 0 Å². The fourth-order valence-electron chi connectivity index (χ4n) is 1.24. The minimum Gasteiger partial charge on any atom is -0.481 e. The molecule has 1 N–H and O–H groups in total. The minimum absolute atomic E-state index is 0.00694. The van der Waals surface area contributed by atoms with E-state index >= 15 is 0 Å². The molecule has 0 radical (unpaired) electrons. The molecule has 0 amide bonds. The van der Waals surface area contributed by atoms with Gasteiger partial charge in [0.1, 0.15) is 11.6 Å². The molecule has 0 saturated heterocycles. The Balaban J connectivity index is 3.35. The molecular weight excluding hydrogens is 200 g/mol. The molecule has 1 rings (SSSR count). The molecule has 1 unspecified atom stereocenters. The van der Waals surface area contributed by atoms with E-state index in [0.717, 1.165) is 0 Å². The summed E-state index contributed by atoms with van der Waals surface area (Å²) in [5.74, 6) is -2.11. The van der Waals surface area contributed by atoms with Gasteiger partial charge in [-0.05, 0) is 19.9 Å². The van der Waals surface area contributed by atoms with E-state index in [-0.39, 0.29) is 11.4 Å². The van der Waals surface area contributed by atoms with Gasteiger partial charge in [-0.2, -0.15) is 0 Å². The van der Waals surface area contributed by atoms with Gasteiger partial charge in [0.15, 0.2) is 0 Å². The first kappa shape index (κ1) is 11.1. The van der Waals surface area contributed by atoms with Crippen molar-refractivity contribution in [3.05, 3.63) is 33.6 Å². The highest BCUT2D eigenvalue weighted by Gasteiger charge is 2.26. The van der Waals surface area contributed by atoms with Gasteiger partial charge in [-0.3, -0.25) is 19.9 Å². The maximum atomic E-state index is 10.7. The summed E-state index contributed by atoms with van der Waals surface area (Å²) in [7, 11) is 0. The Kier molecular flexibility index (Phi) is 2.99. The number of pyridine rings is 1. The Bertz CT molecular complexity index is 417. The van der Waals surface area contributed by atoms with Gasteiger partial charge in [-0.1, -0.05) is 0 Å². The molecule has 0 aliphatic carbocycles. The summed E-state index contributed by atoms with van der Waals surface area (Å²) in [4.78, 5) is 24.6. The fraction of sp³-hybridized carbons (Fsp3) is 0.333.